The van der Waals surface area contributed by atoms with Gasteiger partial charge in [0.05, 0.1) is 0 Å². The molecule has 0 radical (unpaired) electrons. The second-order valence-corrected chi connectivity index (χ2v) is 11.4. The fraction of sp³-hybridized carbons (Fsp3) is 0.552. The maximum atomic E-state index is 13.3. The number of nitrogens with one attached hydrogen (secondary N) is 2. The van der Waals surface area contributed by atoms with Gasteiger partial charge in [-0.2, -0.15) is 0 Å². The molecule has 2 aliphatic rings. The minimum atomic E-state index is -0.497. The van der Waals surface area contributed by atoms with Crippen LogP contribution in [0.1, 0.15) is 98.0 Å². The molecule has 1 saturated heterocycles. The van der Waals surface area contributed by atoms with E-state index in [1.807, 2.05) is 31.4 Å². The number of carbonyl (C=O) groups is 2. The Morgan fingerprint density at radius 2 is 1.50 bits per heavy atom. The predicted octanol–water partition coefficient (Wildman–Crippen LogP) is 4.28. The highest BCUT2D eigenvalue weighted by Gasteiger charge is 2.27. The number of benzene rings is 1. The van der Waals surface area contributed by atoms with Gasteiger partial charge in [-0.15, -0.1) is 0 Å². The third-order valence-electron chi connectivity index (χ3n) is 7.19. The fourth-order valence-corrected chi connectivity index (χ4v) is 5.26. The number of carbonyl (C=O) groups excluding carboxylic acids is 2. The summed E-state index contributed by atoms with van der Waals surface area (Å²) in [5.41, 5.74) is 0.414. The van der Waals surface area contributed by atoms with E-state index in [2.05, 4.69) is 39.8 Å². The van der Waals surface area contributed by atoms with E-state index in [0.29, 0.717) is 0 Å². The van der Waals surface area contributed by atoms with Gasteiger partial charge in [0.25, 0.3) is 11.8 Å². The third-order valence-corrected chi connectivity index (χ3v) is 7.19. The van der Waals surface area contributed by atoms with E-state index in [1.165, 1.54) is 12.0 Å². The highest BCUT2D eigenvalue weighted by Crippen LogP contribution is 2.28. The van der Waals surface area contributed by atoms with Crippen molar-refractivity contribution in [2.45, 2.75) is 89.9 Å². The molecule has 2 amide bonds. The van der Waals surface area contributed by atoms with Gasteiger partial charge in [0, 0.05) is 49.7 Å². The van der Waals surface area contributed by atoms with E-state index in [1.54, 1.807) is 12.4 Å². The van der Waals surface area contributed by atoms with Gasteiger partial charge >= 0.3 is 0 Å². The highest BCUT2D eigenvalue weighted by atomic mass is 16.2. The molecule has 0 atom stereocenters. The number of rotatable bonds is 6. The summed E-state index contributed by atoms with van der Waals surface area (Å²) in [5.74, 6) is -0.808. The summed E-state index contributed by atoms with van der Waals surface area (Å²) in [6.07, 6.45) is 10.4. The molecule has 1 aliphatic heterocycles. The Labute approximate surface area is 214 Å². The van der Waals surface area contributed by atoms with Crippen LogP contribution in [0, 0.1) is 0 Å². The monoisotopic (exact) mass is 492 g/mol. The van der Waals surface area contributed by atoms with Crippen LogP contribution in [0.2, 0.25) is 0 Å². The van der Waals surface area contributed by atoms with Crippen LogP contribution in [0.4, 0.5) is 0 Å². The van der Waals surface area contributed by atoms with Crippen LogP contribution in [0.15, 0.2) is 47.5 Å². The minimum absolute atomic E-state index is 0.0131. The first-order valence-electron chi connectivity index (χ1n) is 13.3. The Morgan fingerprint density at radius 1 is 0.889 bits per heavy atom. The molecule has 194 valence electrons. The molecular weight excluding hydrogens is 452 g/mol. The van der Waals surface area contributed by atoms with Gasteiger partial charge in [-0.05, 0) is 52.0 Å². The molecule has 1 saturated carbocycles. The molecule has 1 aromatic heterocycles. The Kier molecular flexibility index (Phi) is 8.29. The van der Waals surface area contributed by atoms with Crippen LogP contribution in [0.5, 0.6) is 0 Å². The average Bonchev–Trinajstić information content (AvgIpc) is 2.85. The molecular formula is C29H40N4O3. The zero-order valence-corrected chi connectivity index (χ0v) is 21.9. The van der Waals surface area contributed by atoms with Crippen molar-refractivity contribution >= 4 is 11.8 Å². The van der Waals surface area contributed by atoms with Crippen LogP contribution < -0.4 is 16.1 Å². The van der Waals surface area contributed by atoms with E-state index in [9.17, 15) is 14.4 Å². The topological polar surface area (TPSA) is 83.4 Å². The highest BCUT2D eigenvalue weighted by molar-refractivity contribution is 5.99. The van der Waals surface area contributed by atoms with Crippen molar-refractivity contribution in [3.8, 4) is 0 Å². The fourth-order valence-electron chi connectivity index (χ4n) is 5.26. The zero-order chi connectivity index (χ0) is 25.7. The number of pyridine rings is 1. The second-order valence-electron chi connectivity index (χ2n) is 11.4. The van der Waals surface area contributed by atoms with Gasteiger partial charge in [-0.25, -0.2) is 0 Å². The van der Waals surface area contributed by atoms with Crippen LogP contribution in [-0.4, -0.2) is 46.0 Å². The number of piperidine rings is 1. The lowest BCUT2D eigenvalue weighted by Gasteiger charge is -2.32. The molecule has 2 N–H and O–H groups in total. The van der Waals surface area contributed by atoms with Crippen molar-refractivity contribution in [1.29, 1.82) is 0 Å². The zero-order valence-electron chi connectivity index (χ0n) is 21.9. The van der Waals surface area contributed by atoms with Crippen molar-refractivity contribution in [3.05, 3.63) is 69.6 Å². The molecule has 1 aromatic carbocycles. The summed E-state index contributed by atoms with van der Waals surface area (Å²) in [6.45, 7) is 8.32. The van der Waals surface area contributed by atoms with Gasteiger partial charge in [0.15, 0.2) is 0 Å². The lowest BCUT2D eigenvalue weighted by Crippen LogP contribution is -2.46. The van der Waals surface area contributed by atoms with Gasteiger partial charge in [0.1, 0.15) is 11.1 Å². The molecule has 0 unspecified atom stereocenters. The second kappa shape index (κ2) is 11.4. The molecule has 36 heavy (non-hydrogen) atoms. The molecule has 4 rings (SSSR count). The summed E-state index contributed by atoms with van der Waals surface area (Å²) in [6, 6.07) is 10.6. The Bertz CT molecular complexity index is 1110. The number of nitrogens with zero attached hydrogens (tertiary/aromatic N) is 2. The number of amides is 2. The van der Waals surface area contributed by atoms with Crippen molar-refractivity contribution in [1.82, 2.24) is 20.1 Å². The Balaban J connectivity index is 1.48. The van der Waals surface area contributed by atoms with E-state index < -0.39 is 16.9 Å². The largest absolute Gasteiger partial charge is 0.349 e. The maximum Gasteiger partial charge on any atom is 0.257 e. The first-order chi connectivity index (χ1) is 17.2. The van der Waals surface area contributed by atoms with Gasteiger partial charge in [0.2, 0.25) is 5.43 Å². The summed E-state index contributed by atoms with van der Waals surface area (Å²) < 4.78 is 1.94. The lowest BCUT2D eigenvalue weighted by molar-refractivity contribution is 0.0906. The van der Waals surface area contributed by atoms with Crippen molar-refractivity contribution in [3.63, 3.8) is 0 Å². The van der Waals surface area contributed by atoms with Gasteiger partial charge in [-0.1, -0.05) is 49.6 Å². The first-order valence-corrected chi connectivity index (χ1v) is 13.3. The summed E-state index contributed by atoms with van der Waals surface area (Å²) in [4.78, 5) is 42.1. The lowest BCUT2D eigenvalue weighted by atomic mass is 9.94. The summed E-state index contributed by atoms with van der Waals surface area (Å²) in [5, 5.41) is 5.98. The molecule has 1 aliphatic carbocycles. The summed E-state index contributed by atoms with van der Waals surface area (Å²) in [7, 11) is 0. The van der Waals surface area contributed by atoms with Crippen LogP contribution in [-0.2, 0) is 6.54 Å². The van der Waals surface area contributed by atoms with Gasteiger partial charge < -0.3 is 15.2 Å². The maximum absolute atomic E-state index is 13.3. The van der Waals surface area contributed by atoms with E-state index in [-0.39, 0.29) is 29.1 Å². The molecule has 2 aromatic rings. The van der Waals surface area contributed by atoms with Gasteiger partial charge in [-0.3, -0.25) is 19.3 Å². The number of hydrogen-bond donors (Lipinski definition) is 2. The molecule has 2 heterocycles. The molecule has 2 fully saturated rings. The van der Waals surface area contributed by atoms with Crippen molar-refractivity contribution in [2.75, 3.05) is 13.1 Å². The smallest absolute Gasteiger partial charge is 0.257 e. The predicted molar refractivity (Wildman–Crippen MR) is 142 cm³/mol. The minimum Gasteiger partial charge on any atom is -0.349 e. The third kappa shape index (κ3) is 6.84. The first kappa shape index (κ1) is 26.1. The SMILES string of the molecule is CC(C)(C)NC(=O)c1cn(C2CCCCC2)cc(C(=O)NC2CCN(Cc3ccccc3)CC2)c1=O. The quantitative estimate of drug-likeness (QED) is 0.631. The molecule has 0 spiro atoms. The van der Waals surface area contributed by atoms with E-state index in [4.69, 9.17) is 0 Å². The van der Waals surface area contributed by atoms with E-state index >= 15 is 0 Å². The van der Waals surface area contributed by atoms with E-state index in [0.717, 1.165) is 58.2 Å². The molecule has 7 nitrogen and oxygen atoms in total. The number of aromatic nitrogens is 1. The van der Waals surface area contributed by atoms with Crippen LogP contribution >= 0.6 is 0 Å². The molecule has 7 heteroatoms. The normalized spacial score (nSPS) is 18.1. The Hall–Kier alpha value is -2.93. The van der Waals surface area contributed by atoms with Crippen molar-refractivity contribution < 1.29 is 9.59 Å². The number of likely N-dealkylation sites (tertiary alicyclic amines) is 1. The summed E-state index contributed by atoms with van der Waals surface area (Å²) >= 11 is 0. The standard InChI is InChI=1S/C29H40N4O3/c1-29(2,3)31-28(36)25-20-33(23-12-8-5-9-13-23)19-24(26(25)34)27(35)30-22-14-16-32(17-15-22)18-21-10-6-4-7-11-21/h4,6-7,10-11,19-20,22-23H,5,8-9,12-18H2,1-3H3,(H,30,35)(H,31,36). The number of hydrogen-bond acceptors (Lipinski definition) is 4. The van der Waals surface area contributed by atoms with Crippen LogP contribution in [0.3, 0.4) is 0 Å². The van der Waals surface area contributed by atoms with Crippen LogP contribution in [0.25, 0.3) is 0 Å². The van der Waals surface area contributed by atoms with Crippen molar-refractivity contribution in [2.24, 2.45) is 0 Å². The average molecular weight is 493 g/mol. The Morgan fingerprint density at radius 3 is 2.11 bits per heavy atom. The molecule has 0 bridgehead atoms.